The summed E-state index contributed by atoms with van der Waals surface area (Å²) in [6.07, 6.45) is 0. The fourth-order valence-corrected chi connectivity index (χ4v) is 26.0. The van der Waals surface area contributed by atoms with Gasteiger partial charge in [0.05, 0.1) is 0 Å². The van der Waals surface area contributed by atoms with Gasteiger partial charge in [0.1, 0.15) is 0 Å². The second-order valence-electron chi connectivity index (χ2n) is 11.4. The first-order chi connectivity index (χ1) is 20.5. The number of anilines is 1. The molecule has 0 atom stereocenters. The van der Waals surface area contributed by atoms with Crippen LogP contribution in [-0.4, -0.2) is 27.8 Å². The van der Waals surface area contributed by atoms with Crippen LogP contribution in [0.4, 0.5) is 5.69 Å². The van der Waals surface area contributed by atoms with E-state index in [9.17, 15) is 0 Å². The summed E-state index contributed by atoms with van der Waals surface area (Å²) in [6, 6.07) is 52.5. The number of hydrogen-bond donors (Lipinski definition) is 0. The average Bonchev–Trinajstić information content (AvgIpc) is 3.04. The number of para-hydroxylation sites is 1. The van der Waals surface area contributed by atoms with Gasteiger partial charge in [-0.3, -0.25) is 0 Å². The summed E-state index contributed by atoms with van der Waals surface area (Å²) in [6.45, 7) is 9.41. The molecule has 0 spiro atoms. The van der Waals surface area contributed by atoms with Crippen molar-refractivity contribution in [3.05, 3.63) is 151 Å². The molecule has 0 saturated carbocycles. The van der Waals surface area contributed by atoms with Gasteiger partial charge in [-0.05, 0) is 0 Å². The van der Waals surface area contributed by atoms with Crippen LogP contribution in [0.2, 0.25) is 0 Å². The summed E-state index contributed by atoms with van der Waals surface area (Å²) in [5.74, 6) is 1.95. The van der Waals surface area contributed by atoms with Gasteiger partial charge in [0.2, 0.25) is 0 Å². The molecule has 0 amide bonds. The van der Waals surface area contributed by atoms with E-state index in [0.29, 0.717) is 11.8 Å². The first-order valence-electron chi connectivity index (χ1n) is 14.8. The molecule has 2 radical (unpaired) electrons. The fraction of sp³-hybridized carbons (Fsp3) is 0.189. The summed E-state index contributed by atoms with van der Waals surface area (Å²) in [4.78, 5) is 0. The van der Waals surface area contributed by atoms with Crippen molar-refractivity contribution >= 4 is 70.6 Å². The molecule has 212 valence electrons. The van der Waals surface area contributed by atoms with Crippen LogP contribution in [0, 0.1) is 0 Å². The molecule has 0 fully saturated rings. The monoisotopic (exact) mass is 709 g/mol. The minimum absolute atomic E-state index is 0.426. The Morgan fingerprint density at radius 2 is 0.952 bits per heavy atom. The predicted octanol–water partition coefficient (Wildman–Crippen LogP) is 8.10. The molecule has 0 N–H and O–H groups in total. The molecule has 0 aliphatic carbocycles. The zero-order valence-corrected chi connectivity index (χ0v) is 30.5. The summed E-state index contributed by atoms with van der Waals surface area (Å²) in [7, 11) is -3.28. The fourth-order valence-electron chi connectivity index (χ4n) is 5.96. The summed E-state index contributed by atoms with van der Waals surface area (Å²) >= 11 is 3.55. The molecule has 5 heteroatoms. The van der Waals surface area contributed by atoms with Crippen LogP contribution in [0.3, 0.4) is 0 Å². The van der Waals surface area contributed by atoms with E-state index in [1.54, 1.807) is 0 Å². The molecule has 0 heterocycles. The Labute approximate surface area is 268 Å². The molecular formula is C37H39BrGeNPSi. The van der Waals surface area contributed by atoms with Gasteiger partial charge in [-0.25, -0.2) is 0 Å². The zero-order chi connectivity index (χ0) is 29.5. The Hall–Kier alpha value is -2.43. The van der Waals surface area contributed by atoms with Crippen LogP contribution in [0.15, 0.2) is 140 Å². The number of hydrogen-bond acceptors (Lipinski definition) is 1. The van der Waals surface area contributed by atoms with Crippen LogP contribution < -0.4 is 24.5 Å². The van der Waals surface area contributed by atoms with Gasteiger partial charge in [0.15, 0.2) is 0 Å². The Morgan fingerprint density at radius 1 is 0.571 bits per heavy atom. The van der Waals surface area contributed by atoms with Crippen molar-refractivity contribution in [3.63, 3.8) is 0 Å². The standard InChI is InChI=1S/C37H39BrGeNPSi/c1-29(2)35-26-17-27-36(30(3)4)37(35)40(39-38)42(33-22-13-7-14-23-33,34-24-15-8-16-25-34)28-41(31-18-9-5-10-19-31)32-20-11-6-12-21-32/h5-27,29-30H,28H2,1-4H3. The second kappa shape index (κ2) is 14.4. The molecule has 0 bridgehead atoms. The van der Waals surface area contributed by atoms with E-state index in [0.717, 1.165) is 5.79 Å². The maximum atomic E-state index is 4.24. The van der Waals surface area contributed by atoms with E-state index in [-0.39, 0.29) is 0 Å². The molecule has 5 rings (SSSR count). The van der Waals surface area contributed by atoms with Crippen molar-refractivity contribution in [1.29, 1.82) is 0 Å². The molecule has 42 heavy (non-hydrogen) atoms. The van der Waals surface area contributed by atoms with Gasteiger partial charge in [-0.15, -0.1) is 0 Å². The zero-order valence-electron chi connectivity index (χ0n) is 24.9. The van der Waals surface area contributed by atoms with E-state index in [4.69, 9.17) is 0 Å². The number of halogens is 1. The van der Waals surface area contributed by atoms with Crippen LogP contribution >= 0.6 is 21.9 Å². The van der Waals surface area contributed by atoms with Crippen molar-refractivity contribution in [2.75, 3.05) is 9.31 Å². The van der Waals surface area contributed by atoms with Gasteiger partial charge < -0.3 is 0 Å². The SMILES string of the molecule is CC(C)c1cccc(C(C)C)c1[N]([Ge][Br])[Si](CP(c1ccccc1)c1ccccc1)(c1ccccc1)c1ccccc1. The normalized spacial score (nSPS) is 11.8. The Balaban J connectivity index is 1.88. The maximum absolute atomic E-state index is 4.24. The van der Waals surface area contributed by atoms with Gasteiger partial charge in [0, 0.05) is 0 Å². The van der Waals surface area contributed by atoms with Gasteiger partial charge >= 0.3 is 270 Å². The van der Waals surface area contributed by atoms with Crippen molar-refractivity contribution < 1.29 is 0 Å². The third kappa shape index (κ3) is 6.40. The van der Waals surface area contributed by atoms with Crippen molar-refractivity contribution in [3.8, 4) is 0 Å². The van der Waals surface area contributed by atoms with Gasteiger partial charge in [-0.1, -0.05) is 0 Å². The first kappa shape index (κ1) is 31.0. The van der Waals surface area contributed by atoms with Crippen LogP contribution in [0.1, 0.15) is 50.7 Å². The number of rotatable bonds is 11. The van der Waals surface area contributed by atoms with Crippen LogP contribution in [-0.2, 0) is 0 Å². The van der Waals surface area contributed by atoms with Crippen molar-refractivity contribution in [1.82, 2.24) is 0 Å². The van der Waals surface area contributed by atoms with E-state index < -0.39 is 30.0 Å². The Bertz CT molecular complexity index is 1440. The van der Waals surface area contributed by atoms with Gasteiger partial charge in [-0.2, -0.15) is 0 Å². The van der Waals surface area contributed by atoms with Crippen LogP contribution in [0.25, 0.3) is 0 Å². The average molecular weight is 709 g/mol. The number of nitrogens with zero attached hydrogens (tertiary/aromatic N) is 1. The Morgan fingerprint density at radius 3 is 1.31 bits per heavy atom. The van der Waals surface area contributed by atoms with E-state index in [1.807, 2.05) is 0 Å². The molecule has 0 unspecified atom stereocenters. The van der Waals surface area contributed by atoms with E-state index in [1.165, 1.54) is 37.8 Å². The Kier molecular flexibility index (Phi) is 10.6. The number of benzene rings is 5. The second-order valence-corrected chi connectivity index (χ2v) is 21.9. The summed E-state index contributed by atoms with van der Waals surface area (Å²) < 4.78 is 2.95. The van der Waals surface area contributed by atoms with Gasteiger partial charge in [0.25, 0.3) is 0 Å². The summed E-state index contributed by atoms with van der Waals surface area (Å²) in [5, 5.41) is 5.84. The molecular weight excluding hydrogens is 670 g/mol. The predicted molar refractivity (Wildman–Crippen MR) is 194 cm³/mol. The molecule has 1 nitrogen and oxygen atoms in total. The third-order valence-electron chi connectivity index (χ3n) is 8.06. The summed E-state index contributed by atoms with van der Waals surface area (Å²) in [5.41, 5.74) is 4.38. The first-order valence-corrected chi connectivity index (χ1v) is 24.3. The molecule has 0 aliphatic heterocycles. The quantitative estimate of drug-likeness (QED) is 0.0991. The van der Waals surface area contributed by atoms with Crippen molar-refractivity contribution in [2.45, 2.75) is 39.5 Å². The van der Waals surface area contributed by atoms with E-state index in [2.05, 4.69) is 185 Å². The van der Waals surface area contributed by atoms with Crippen LogP contribution in [0.5, 0.6) is 0 Å². The molecule has 5 aromatic rings. The van der Waals surface area contributed by atoms with Crippen molar-refractivity contribution in [2.24, 2.45) is 0 Å². The minimum atomic E-state index is -2.63. The third-order valence-corrected chi connectivity index (χ3v) is 23.9. The molecule has 5 aromatic carbocycles. The molecule has 0 saturated heterocycles. The molecule has 0 aromatic heterocycles. The topological polar surface area (TPSA) is 3.24 Å². The molecule has 0 aliphatic rings. The van der Waals surface area contributed by atoms with E-state index >= 15 is 0 Å².